The van der Waals surface area contributed by atoms with Gasteiger partial charge in [-0.15, -0.1) is 0 Å². The van der Waals surface area contributed by atoms with Crippen LogP contribution < -0.4 is 16.0 Å². The highest BCUT2D eigenvalue weighted by atomic mass is 32.2. The van der Waals surface area contributed by atoms with Gasteiger partial charge in [0.1, 0.15) is 0 Å². The van der Waals surface area contributed by atoms with Gasteiger partial charge < -0.3 is 10.2 Å². The number of nitrogens with one attached hydrogen (secondary N) is 2. The fourth-order valence-electron chi connectivity index (χ4n) is 1.35. The van der Waals surface area contributed by atoms with Crippen molar-refractivity contribution in [2.45, 2.75) is 18.9 Å². The first-order chi connectivity index (χ1) is 8.97. The number of ether oxygens (including phenoxy) is 1. The second-order valence-electron chi connectivity index (χ2n) is 4.37. The van der Waals surface area contributed by atoms with Crippen molar-refractivity contribution in [2.75, 3.05) is 25.2 Å². The van der Waals surface area contributed by atoms with Crippen molar-refractivity contribution in [3.63, 3.8) is 0 Å². The maximum atomic E-state index is 12.0. The molecule has 0 fully saturated rings. The van der Waals surface area contributed by atoms with Gasteiger partial charge >= 0.3 is 0 Å². The van der Waals surface area contributed by atoms with Gasteiger partial charge in [0.15, 0.2) is 5.03 Å². The van der Waals surface area contributed by atoms with Gasteiger partial charge in [0.25, 0.3) is 10.0 Å². The first-order valence-corrected chi connectivity index (χ1v) is 7.44. The molecule has 0 unspecified atom stereocenters. The molecule has 0 radical (unpaired) electrons. The Morgan fingerprint density at radius 3 is 2.84 bits per heavy atom. The van der Waals surface area contributed by atoms with Crippen molar-refractivity contribution in [1.29, 1.82) is 0 Å². The van der Waals surface area contributed by atoms with Gasteiger partial charge in [-0.05, 0) is 18.1 Å². The molecule has 1 aromatic rings. The van der Waals surface area contributed by atoms with Crippen LogP contribution in [0.1, 0.15) is 13.8 Å². The van der Waals surface area contributed by atoms with E-state index in [0.29, 0.717) is 19.1 Å². The molecule has 0 aliphatic rings. The maximum absolute atomic E-state index is 12.0. The first kappa shape index (κ1) is 15.8. The van der Waals surface area contributed by atoms with Crippen molar-refractivity contribution in [2.24, 2.45) is 11.8 Å². The Morgan fingerprint density at radius 1 is 1.47 bits per heavy atom. The molecule has 0 aromatic carbocycles. The van der Waals surface area contributed by atoms with Crippen LogP contribution in [0.25, 0.3) is 0 Å². The van der Waals surface area contributed by atoms with Gasteiger partial charge in [0.05, 0.1) is 12.3 Å². The van der Waals surface area contributed by atoms with E-state index >= 15 is 0 Å². The van der Waals surface area contributed by atoms with Gasteiger partial charge in [-0.25, -0.2) is 18.1 Å². The summed E-state index contributed by atoms with van der Waals surface area (Å²) in [7, 11) is -3.69. The van der Waals surface area contributed by atoms with Gasteiger partial charge in [-0.3, -0.25) is 5.84 Å². The number of sulfonamides is 1. The molecular formula is C11H20N4O3S. The molecule has 1 rings (SSSR count). The summed E-state index contributed by atoms with van der Waals surface area (Å²) in [6.45, 7) is 5.15. The lowest BCUT2D eigenvalue weighted by molar-refractivity contribution is 0.114. The smallest absolute Gasteiger partial charge is 0.260 e. The summed E-state index contributed by atoms with van der Waals surface area (Å²) < 4.78 is 31.7. The number of anilines is 1. The van der Waals surface area contributed by atoms with E-state index in [1.54, 1.807) is 6.07 Å². The van der Waals surface area contributed by atoms with Gasteiger partial charge in [-0.1, -0.05) is 13.8 Å². The van der Waals surface area contributed by atoms with Crippen LogP contribution in [-0.4, -0.2) is 33.2 Å². The minimum Gasteiger partial charge on any atom is -0.380 e. The average Bonchev–Trinajstić information content (AvgIpc) is 2.37. The van der Waals surface area contributed by atoms with Gasteiger partial charge in [0, 0.05) is 19.3 Å². The van der Waals surface area contributed by atoms with Gasteiger partial charge in [0.2, 0.25) is 0 Å². The molecule has 108 valence electrons. The number of pyridine rings is 1. The molecule has 0 saturated heterocycles. The van der Waals surface area contributed by atoms with Crippen molar-refractivity contribution >= 4 is 15.7 Å². The van der Waals surface area contributed by atoms with Gasteiger partial charge in [-0.2, -0.15) is 0 Å². The average molecular weight is 288 g/mol. The topological polar surface area (TPSA) is 106 Å². The minimum atomic E-state index is -3.69. The lowest BCUT2D eigenvalue weighted by atomic mass is 10.2. The molecule has 8 heteroatoms. The molecule has 19 heavy (non-hydrogen) atoms. The van der Waals surface area contributed by atoms with Crippen LogP contribution >= 0.6 is 0 Å². The van der Waals surface area contributed by atoms with Crippen molar-refractivity contribution < 1.29 is 13.2 Å². The molecular weight excluding hydrogens is 268 g/mol. The second kappa shape index (κ2) is 7.39. The molecule has 0 amide bonds. The summed E-state index contributed by atoms with van der Waals surface area (Å²) in [5, 5.41) is -0.124. The van der Waals surface area contributed by atoms with Crippen molar-refractivity contribution in [3.8, 4) is 0 Å². The van der Waals surface area contributed by atoms with Crippen LogP contribution in [0.2, 0.25) is 0 Å². The number of hydrogen-bond donors (Lipinski definition) is 3. The second-order valence-corrected chi connectivity index (χ2v) is 6.05. The third kappa shape index (κ3) is 5.11. The monoisotopic (exact) mass is 288 g/mol. The van der Waals surface area contributed by atoms with E-state index in [-0.39, 0.29) is 17.3 Å². The van der Waals surface area contributed by atoms with E-state index in [0.717, 1.165) is 0 Å². The van der Waals surface area contributed by atoms with E-state index in [1.165, 1.54) is 12.3 Å². The summed E-state index contributed by atoms with van der Waals surface area (Å²) in [4.78, 5) is 3.81. The Balaban J connectivity index is 2.56. The van der Waals surface area contributed by atoms with Crippen LogP contribution in [0.3, 0.4) is 0 Å². The predicted molar refractivity (Wildman–Crippen MR) is 72.9 cm³/mol. The Morgan fingerprint density at radius 2 is 2.21 bits per heavy atom. The van der Waals surface area contributed by atoms with E-state index in [2.05, 4.69) is 15.1 Å². The number of aromatic nitrogens is 1. The Bertz CT molecular complexity index is 490. The lowest BCUT2D eigenvalue weighted by Crippen LogP contribution is -2.29. The number of hydrogen-bond acceptors (Lipinski definition) is 6. The summed E-state index contributed by atoms with van der Waals surface area (Å²) in [5.41, 5.74) is 2.55. The molecule has 7 nitrogen and oxygen atoms in total. The Kier molecular flexibility index (Phi) is 6.16. The molecule has 4 N–H and O–H groups in total. The molecule has 0 saturated carbocycles. The normalized spacial score (nSPS) is 11.8. The molecule has 0 spiro atoms. The summed E-state index contributed by atoms with van der Waals surface area (Å²) in [5.74, 6) is 5.67. The van der Waals surface area contributed by atoms with E-state index in [4.69, 9.17) is 10.6 Å². The predicted octanol–water partition coefficient (Wildman–Crippen LogP) is 0.318. The minimum absolute atomic E-state index is 0.124. The number of nitrogen functional groups attached to an aromatic ring is 1. The fraction of sp³-hybridized carbons (Fsp3) is 0.545. The summed E-state index contributed by atoms with van der Waals surface area (Å²) in [6, 6.07) is 3.14. The Labute approximate surface area is 113 Å². The summed E-state index contributed by atoms with van der Waals surface area (Å²) in [6.07, 6.45) is 1.39. The number of nitrogens with zero attached hydrogens (tertiary/aromatic N) is 1. The van der Waals surface area contributed by atoms with Crippen LogP contribution in [0, 0.1) is 5.92 Å². The zero-order valence-corrected chi connectivity index (χ0v) is 11.9. The molecule has 0 aliphatic carbocycles. The highest BCUT2D eigenvalue weighted by molar-refractivity contribution is 7.89. The number of hydrazine groups is 1. The highest BCUT2D eigenvalue weighted by Crippen LogP contribution is 2.15. The molecule has 1 aromatic heterocycles. The summed E-state index contributed by atoms with van der Waals surface area (Å²) >= 11 is 0. The Hall–Kier alpha value is -1.22. The number of rotatable bonds is 8. The quantitative estimate of drug-likeness (QED) is 0.361. The van der Waals surface area contributed by atoms with E-state index in [9.17, 15) is 8.42 Å². The zero-order chi connectivity index (χ0) is 14.3. The van der Waals surface area contributed by atoms with Crippen molar-refractivity contribution in [1.82, 2.24) is 9.71 Å². The zero-order valence-electron chi connectivity index (χ0n) is 11.1. The molecule has 0 aliphatic heterocycles. The van der Waals surface area contributed by atoms with Crippen LogP contribution in [0.5, 0.6) is 0 Å². The third-order valence-electron chi connectivity index (χ3n) is 2.17. The molecule has 0 bridgehead atoms. The van der Waals surface area contributed by atoms with E-state index < -0.39 is 10.0 Å². The SMILES string of the molecule is CC(C)COCCNS(=O)(=O)c1ncccc1NN. The van der Waals surface area contributed by atoms with Crippen LogP contribution in [-0.2, 0) is 14.8 Å². The largest absolute Gasteiger partial charge is 0.380 e. The standard InChI is InChI=1S/C11H20N4O3S/c1-9(2)8-18-7-6-14-19(16,17)11-10(15-12)4-3-5-13-11/h3-5,9,14-15H,6-8,12H2,1-2H3. The van der Waals surface area contributed by atoms with Crippen LogP contribution in [0.15, 0.2) is 23.4 Å². The number of nitrogens with two attached hydrogens (primary N) is 1. The first-order valence-electron chi connectivity index (χ1n) is 5.96. The van der Waals surface area contributed by atoms with Crippen molar-refractivity contribution in [3.05, 3.63) is 18.3 Å². The molecule has 1 heterocycles. The van der Waals surface area contributed by atoms with Crippen LogP contribution in [0.4, 0.5) is 5.69 Å². The van der Waals surface area contributed by atoms with E-state index in [1.807, 2.05) is 13.8 Å². The highest BCUT2D eigenvalue weighted by Gasteiger charge is 2.18. The third-order valence-corrected chi connectivity index (χ3v) is 3.59. The lowest BCUT2D eigenvalue weighted by Gasteiger charge is -2.10. The maximum Gasteiger partial charge on any atom is 0.260 e. The molecule has 0 atom stereocenters. The fourth-order valence-corrected chi connectivity index (χ4v) is 2.46.